The monoisotopic (exact) mass is 369 g/mol. The maximum Gasteiger partial charge on any atom is 0.254 e. The van der Waals surface area contributed by atoms with E-state index in [9.17, 15) is 5.11 Å². The highest BCUT2D eigenvalue weighted by atomic mass is 16.5. The maximum atomic E-state index is 11.3. The molecule has 0 aliphatic carbocycles. The standard InChI is InChI=1S/C19H23N5O3/c1-13-8-17(24-18(22-13)20-12-21-24)23-6-4-19(25,5-7-23)14-9-15(26-2)11-16(10-14)27-3/h8-12,25H,4-7H2,1-3H3. The number of piperidine rings is 1. The van der Waals surface area contributed by atoms with Crippen molar-refractivity contribution >= 4 is 11.6 Å². The summed E-state index contributed by atoms with van der Waals surface area (Å²) in [6.45, 7) is 3.32. The van der Waals surface area contributed by atoms with Gasteiger partial charge >= 0.3 is 0 Å². The second kappa shape index (κ2) is 6.70. The first-order valence-corrected chi connectivity index (χ1v) is 8.91. The number of anilines is 1. The number of benzene rings is 1. The van der Waals surface area contributed by atoms with E-state index in [-0.39, 0.29) is 0 Å². The molecule has 2 aromatic heterocycles. The summed E-state index contributed by atoms with van der Waals surface area (Å²) in [7, 11) is 3.22. The maximum absolute atomic E-state index is 11.3. The van der Waals surface area contributed by atoms with Crippen LogP contribution in [0.5, 0.6) is 11.5 Å². The summed E-state index contributed by atoms with van der Waals surface area (Å²) in [5.74, 6) is 2.88. The molecular formula is C19H23N5O3. The lowest BCUT2D eigenvalue weighted by molar-refractivity contribution is 0.0112. The summed E-state index contributed by atoms with van der Waals surface area (Å²) in [5.41, 5.74) is 0.779. The number of fused-ring (bicyclic) bond motifs is 1. The van der Waals surface area contributed by atoms with Crippen molar-refractivity contribution in [2.45, 2.75) is 25.4 Å². The molecule has 1 aromatic carbocycles. The molecule has 0 bridgehead atoms. The average Bonchev–Trinajstić information content (AvgIpc) is 3.16. The van der Waals surface area contributed by atoms with Crippen molar-refractivity contribution in [3.8, 4) is 11.5 Å². The van der Waals surface area contributed by atoms with Gasteiger partial charge in [0.25, 0.3) is 5.78 Å². The van der Waals surface area contributed by atoms with Gasteiger partial charge in [0.2, 0.25) is 0 Å². The minimum Gasteiger partial charge on any atom is -0.497 e. The average molecular weight is 369 g/mol. The van der Waals surface area contributed by atoms with Crippen LogP contribution in [0, 0.1) is 6.92 Å². The lowest BCUT2D eigenvalue weighted by Gasteiger charge is -2.39. The zero-order valence-electron chi connectivity index (χ0n) is 15.7. The van der Waals surface area contributed by atoms with Crippen LogP contribution in [0.2, 0.25) is 0 Å². The number of aromatic nitrogens is 4. The molecule has 0 radical (unpaired) electrons. The Morgan fingerprint density at radius 1 is 1.04 bits per heavy atom. The largest absolute Gasteiger partial charge is 0.497 e. The van der Waals surface area contributed by atoms with Gasteiger partial charge < -0.3 is 19.5 Å². The summed E-state index contributed by atoms with van der Waals surface area (Å²) in [4.78, 5) is 10.8. The second-order valence-corrected chi connectivity index (χ2v) is 6.85. The second-order valence-electron chi connectivity index (χ2n) is 6.85. The van der Waals surface area contributed by atoms with E-state index in [1.54, 1.807) is 18.7 Å². The SMILES string of the molecule is COc1cc(OC)cc(C2(O)CCN(c3cc(C)nc4ncnn34)CC2)c1. The third-order valence-corrected chi connectivity index (χ3v) is 5.16. The smallest absolute Gasteiger partial charge is 0.254 e. The van der Waals surface area contributed by atoms with Crippen molar-refractivity contribution in [1.29, 1.82) is 0 Å². The van der Waals surface area contributed by atoms with Crippen LogP contribution in [0.4, 0.5) is 5.82 Å². The minimum atomic E-state index is -0.929. The molecule has 0 spiro atoms. The van der Waals surface area contributed by atoms with E-state index in [0.717, 1.165) is 17.1 Å². The molecule has 4 rings (SSSR count). The summed E-state index contributed by atoms with van der Waals surface area (Å²) in [6.07, 6.45) is 2.68. The molecule has 8 nitrogen and oxygen atoms in total. The van der Waals surface area contributed by atoms with Gasteiger partial charge in [0.1, 0.15) is 23.6 Å². The number of aliphatic hydroxyl groups is 1. The van der Waals surface area contributed by atoms with E-state index in [2.05, 4.69) is 20.0 Å². The normalized spacial score (nSPS) is 16.5. The van der Waals surface area contributed by atoms with Crippen LogP contribution in [-0.4, -0.2) is 52.0 Å². The fourth-order valence-electron chi connectivity index (χ4n) is 3.61. The van der Waals surface area contributed by atoms with Crippen LogP contribution in [0.3, 0.4) is 0 Å². The molecule has 142 valence electrons. The van der Waals surface area contributed by atoms with E-state index >= 15 is 0 Å². The summed E-state index contributed by atoms with van der Waals surface area (Å²) >= 11 is 0. The highest BCUT2D eigenvalue weighted by Crippen LogP contribution is 2.38. The summed E-state index contributed by atoms with van der Waals surface area (Å²) in [5, 5.41) is 15.6. The number of rotatable bonds is 4. The predicted molar refractivity (Wildman–Crippen MR) is 100 cm³/mol. The number of aryl methyl sites for hydroxylation is 1. The van der Waals surface area contributed by atoms with Crippen LogP contribution < -0.4 is 14.4 Å². The molecule has 1 fully saturated rings. The topological polar surface area (TPSA) is 85.0 Å². The van der Waals surface area contributed by atoms with E-state index in [0.29, 0.717) is 43.2 Å². The molecule has 1 aliphatic heterocycles. The van der Waals surface area contributed by atoms with Gasteiger partial charge in [-0.2, -0.15) is 14.6 Å². The molecule has 3 heterocycles. The Morgan fingerprint density at radius 3 is 2.33 bits per heavy atom. The Hall–Kier alpha value is -2.87. The van der Waals surface area contributed by atoms with Gasteiger partial charge in [-0.05, 0) is 37.5 Å². The van der Waals surface area contributed by atoms with E-state index < -0.39 is 5.60 Å². The first kappa shape index (κ1) is 17.5. The summed E-state index contributed by atoms with van der Waals surface area (Å²) < 4.78 is 12.4. The van der Waals surface area contributed by atoms with Crippen LogP contribution in [0.1, 0.15) is 24.1 Å². The summed E-state index contributed by atoms with van der Waals surface area (Å²) in [6, 6.07) is 7.57. The number of nitrogens with zero attached hydrogens (tertiary/aromatic N) is 5. The zero-order chi connectivity index (χ0) is 19.0. The molecule has 0 unspecified atom stereocenters. The Balaban J connectivity index is 1.60. The van der Waals surface area contributed by atoms with Crippen molar-refractivity contribution in [2.24, 2.45) is 0 Å². The van der Waals surface area contributed by atoms with Crippen LogP contribution in [-0.2, 0) is 5.60 Å². The van der Waals surface area contributed by atoms with Gasteiger partial charge in [-0.15, -0.1) is 0 Å². The molecule has 1 N–H and O–H groups in total. The molecule has 0 amide bonds. The number of ether oxygens (including phenoxy) is 2. The first-order chi connectivity index (χ1) is 13.0. The van der Waals surface area contributed by atoms with Gasteiger partial charge in [-0.3, -0.25) is 0 Å². The zero-order valence-corrected chi connectivity index (χ0v) is 15.7. The van der Waals surface area contributed by atoms with Crippen LogP contribution >= 0.6 is 0 Å². The molecule has 0 atom stereocenters. The van der Waals surface area contributed by atoms with E-state index in [1.165, 1.54) is 6.33 Å². The van der Waals surface area contributed by atoms with Crippen molar-refractivity contribution in [2.75, 3.05) is 32.2 Å². The van der Waals surface area contributed by atoms with Crippen LogP contribution in [0.25, 0.3) is 5.78 Å². The lowest BCUT2D eigenvalue weighted by Crippen LogP contribution is -2.43. The number of hydrogen-bond donors (Lipinski definition) is 1. The van der Waals surface area contributed by atoms with Gasteiger partial charge in [0.05, 0.1) is 19.8 Å². The third kappa shape index (κ3) is 3.16. The van der Waals surface area contributed by atoms with Crippen molar-refractivity contribution in [1.82, 2.24) is 19.6 Å². The van der Waals surface area contributed by atoms with Crippen molar-refractivity contribution in [3.63, 3.8) is 0 Å². The van der Waals surface area contributed by atoms with Crippen molar-refractivity contribution < 1.29 is 14.6 Å². The molecule has 0 saturated carbocycles. The Morgan fingerprint density at radius 2 is 1.70 bits per heavy atom. The molecule has 27 heavy (non-hydrogen) atoms. The predicted octanol–water partition coefficient (Wildman–Crippen LogP) is 1.94. The molecule has 1 saturated heterocycles. The van der Waals surface area contributed by atoms with Gasteiger partial charge in [0, 0.05) is 30.9 Å². The Bertz CT molecular complexity index is 941. The fourth-order valence-corrected chi connectivity index (χ4v) is 3.61. The Labute approximate surface area is 157 Å². The quantitative estimate of drug-likeness (QED) is 0.752. The molecular weight excluding hydrogens is 346 g/mol. The van der Waals surface area contributed by atoms with Crippen LogP contribution in [0.15, 0.2) is 30.6 Å². The lowest BCUT2D eigenvalue weighted by atomic mass is 9.84. The third-order valence-electron chi connectivity index (χ3n) is 5.16. The van der Waals surface area contributed by atoms with Gasteiger partial charge in [0.15, 0.2) is 0 Å². The van der Waals surface area contributed by atoms with E-state index in [4.69, 9.17) is 9.47 Å². The minimum absolute atomic E-state index is 0.584. The Kier molecular flexibility index (Phi) is 4.35. The molecule has 8 heteroatoms. The van der Waals surface area contributed by atoms with Gasteiger partial charge in [-0.1, -0.05) is 0 Å². The van der Waals surface area contributed by atoms with E-state index in [1.807, 2.05) is 31.2 Å². The van der Waals surface area contributed by atoms with Crippen molar-refractivity contribution in [3.05, 3.63) is 41.9 Å². The molecule has 3 aromatic rings. The number of hydrogen-bond acceptors (Lipinski definition) is 7. The molecule has 1 aliphatic rings. The van der Waals surface area contributed by atoms with Gasteiger partial charge in [-0.25, -0.2) is 4.98 Å². The highest BCUT2D eigenvalue weighted by molar-refractivity contribution is 5.48. The highest BCUT2D eigenvalue weighted by Gasteiger charge is 2.35. The number of methoxy groups -OCH3 is 2. The first-order valence-electron chi connectivity index (χ1n) is 8.91. The fraction of sp³-hybridized carbons (Fsp3) is 0.421.